The fourth-order valence-electron chi connectivity index (χ4n) is 4.94. The van der Waals surface area contributed by atoms with Gasteiger partial charge < -0.3 is 15.8 Å². The van der Waals surface area contributed by atoms with E-state index in [2.05, 4.69) is 10.3 Å². The van der Waals surface area contributed by atoms with Gasteiger partial charge in [-0.25, -0.2) is 9.98 Å². The number of carbonyl (C=O) groups excluding carboxylic acids is 2. The molecule has 5 rings (SSSR count). The minimum atomic E-state index is -0.966. The molecule has 0 spiro atoms. The van der Waals surface area contributed by atoms with E-state index in [1.807, 2.05) is 32.0 Å². The molecule has 2 aliphatic heterocycles. The SMILES string of the molecule is C[C@@H]1C[C@H](N2C(=O)C[C@@](C)(c3cccc(NC(=O)c4ncc5ccccn45)c3Cl)N=C2N)CCO1. The number of pyridine rings is 1. The minimum absolute atomic E-state index is 0.0370. The van der Waals surface area contributed by atoms with Gasteiger partial charge in [-0.05, 0) is 44.9 Å². The Morgan fingerprint density at radius 3 is 2.89 bits per heavy atom. The number of guanidine groups is 1. The van der Waals surface area contributed by atoms with Crippen LogP contribution in [0.3, 0.4) is 0 Å². The number of ether oxygens (including phenoxy) is 1. The molecule has 0 radical (unpaired) electrons. The fourth-order valence-corrected chi connectivity index (χ4v) is 5.32. The number of amides is 2. The van der Waals surface area contributed by atoms with Crippen LogP contribution >= 0.6 is 11.6 Å². The first-order valence-corrected chi connectivity index (χ1v) is 12.0. The largest absolute Gasteiger partial charge is 0.378 e. The van der Waals surface area contributed by atoms with Gasteiger partial charge in [0.2, 0.25) is 11.7 Å². The smallest absolute Gasteiger partial charge is 0.292 e. The molecule has 3 aromatic rings. The monoisotopic (exact) mass is 494 g/mol. The zero-order valence-electron chi connectivity index (χ0n) is 19.6. The highest BCUT2D eigenvalue weighted by atomic mass is 35.5. The molecule has 2 amide bonds. The van der Waals surface area contributed by atoms with E-state index in [9.17, 15) is 9.59 Å². The summed E-state index contributed by atoms with van der Waals surface area (Å²) in [4.78, 5) is 36.8. The Bertz CT molecular complexity index is 1340. The van der Waals surface area contributed by atoms with Crippen LogP contribution in [0.2, 0.25) is 5.02 Å². The lowest BCUT2D eigenvalue weighted by atomic mass is 9.86. The Labute approximate surface area is 207 Å². The molecule has 9 nitrogen and oxygen atoms in total. The number of hydrogen-bond acceptors (Lipinski definition) is 6. The van der Waals surface area contributed by atoms with Crippen molar-refractivity contribution in [2.75, 3.05) is 11.9 Å². The van der Waals surface area contributed by atoms with E-state index in [-0.39, 0.29) is 36.3 Å². The maximum Gasteiger partial charge on any atom is 0.292 e. The zero-order valence-corrected chi connectivity index (χ0v) is 20.3. The van der Waals surface area contributed by atoms with Gasteiger partial charge in [0.15, 0.2) is 5.96 Å². The minimum Gasteiger partial charge on any atom is -0.378 e. The number of benzene rings is 1. The molecule has 0 unspecified atom stereocenters. The lowest BCUT2D eigenvalue weighted by Gasteiger charge is -2.41. The average molecular weight is 495 g/mol. The molecule has 3 N–H and O–H groups in total. The molecule has 1 fully saturated rings. The van der Waals surface area contributed by atoms with Crippen molar-refractivity contribution in [3.05, 3.63) is 65.2 Å². The number of rotatable bonds is 4. The van der Waals surface area contributed by atoms with Crippen LogP contribution in [-0.2, 0) is 15.1 Å². The van der Waals surface area contributed by atoms with Crippen LogP contribution in [0.1, 0.15) is 49.3 Å². The van der Waals surface area contributed by atoms with E-state index in [4.69, 9.17) is 27.1 Å². The molecule has 1 aromatic carbocycles. The van der Waals surface area contributed by atoms with Crippen molar-refractivity contribution in [3.8, 4) is 0 Å². The van der Waals surface area contributed by atoms with Crippen molar-refractivity contribution in [1.82, 2.24) is 14.3 Å². The maximum absolute atomic E-state index is 13.3. The van der Waals surface area contributed by atoms with Gasteiger partial charge in [0.1, 0.15) is 0 Å². The van der Waals surface area contributed by atoms with Gasteiger partial charge in [0, 0.05) is 24.4 Å². The van der Waals surface area contributed by atoms with Gasteiger partial charge in [0.05, 0.1) is 40.5 Å². The lowest BCUT2D eigenvalue weighted by Crippen LogP contribution is -2.56. The number of aromatic nitrogens is 2. The molecule has 0 bridgehead atoms. The Morgan fingerprint density at radius 1 is 1.29 bits per heavy atom. The quantitative estimate of drug-likeness (QED) is 0.575. The second-order valence-corrected chi connectivity index (χ2v) is 9.62. The molecule has 4 heterocycles. The molecular formula is C25H27ClN6O3. The van der Waals surface area contributed by atoms with E-state index in [1.54, 1.807) is 39.9 Å². The van der Waals surface area contributed by atoms with Gasteiger partial charge in [0.25, 0.3) is 5.91 Å². The molecule has 0 aliphatic carbocycles. The van der Waals surface area contributed by atoms with E-state index in [1.165, 1.54) is 0 Å². The molecule has 1 saturated heterocycles. The van der Waals surface area contributed by atoms with Crippen molar-refractivity contribution in [3.63, 3.8) is 0 Å². The summed E-state index contributed by atoms with van der Waals surface area (Å²) in [6, 6.07) is 10.8. The van der Waals surface area contributed by atoms with E-state index in [0.717, 1.165) is 5.52 Å². The molecule has 2 aliphatic rings. The lowest BCUT2D eigenvalue weighted by molar-refractivity contribution is -0.133. The predicted octanol–water partition coefficient (Wildman–Crippen LogP) is 3.57. The van der Waals surface area contributed by atoms with Crippen LogP contribution in [0.4, 0.5) is 5.69 Å². The van der Waals surface area contributed by atoms with E-state index in [0.29, 0.717) is 35.7 Å². The van der Waals surface area contributed by atoms with Crippen LogP contribution in [0.5, 0.6) is 0 Å². The summed E-state index contributed by atoms with van der Waals surface area (Å²) >= 11 is 6.76. The van der Waals surface area contributed by atoms with Crippen molar-refractivity contribution < 1.29 is 14.3 Å². The van der Waals surface area contributed by atoms with Gasteiger partial charge in [-0.2, -0.15) is 0 Å². The molecule has 182 valence electrons. The number of nitrogens with one attached hydrogen (secondary N) is 1. The highest BCUT2D eigenvalue weighted by Gasteiger charge is 2.42. The summed E-state index contributed by atoms with van der Waals surface area (Å²) in [6.07, 6.45) is 5.00. The van der Waals surface area contributed by atoms with Gasteiger partial charge in [-0.3, -0.25) is 18.9 Å². The van der Waals surface area contributed by atoms with Crippen molar-refractivity contribution >= 4 is 40.6 Å². The van der Waals surface area contributed by atoms with Crippen LogP contribution in [0, 0.1) is 0 Å². The van der Waals surface area contributed by atoms with Crippen molar-refractivity contribution in [2.45, 2.75) is 50.8 Å². The number of fused-ring (bicyclic) bond motifs is 1. The first kappa shape index (κ1) is 23.3. The molecule has 0 saturated carbocycles. The molecule has 3 atom stereocenters. The van der Waals surface area contributed by atoms with E-state index >= 15 is 0 Å². The highest BCUT2D eigenvalue weighted by molar-refractivity contribution is 6.34. The maximum atomic E-state index is 13.3. The average Bonchev–Trinajstić information content (AvgIpc) is 3.24. The Kier molecular flexibility index (Phi) is 5.98. The first-order valence-electron chi connectivity index (χ1n) is 11.6. The Morgan fingerprint density at radius 2 is 2.11 bits per heavy atom. The number of carbonyl (C=O) groups is 2. The number of anilines is 1. The summed E-state index contributed by atoms with van der Waals surface area (Å²) < 4.78 is 7.31. The predicted molar refractivity (Wildman–Crippen MR) is 133 cm³/mol. The second-order valence-electron chi connectivity index (χ2n) is 9.24. The normalized spacial score (nSPS) is 24.9. The Balaban J connectivity index is 1.43. The summed E-state index contributed by atoms with van der Waals surface area (Å²) in [5, 5.41) is 3.15. The third-order valence-corrected chi connectivity index (χ3v) is 7.07. The molecule has 35 heavy (non-hydrogen) atoms. The van der Waals surface area contributed by atoms with E-state index < -0.39 is 11.4 Å². The molecule has 10 heteroatoms. The number of imidazole rings is 1. The number of hydrogen-bond donors (Lipinski definition) is 2. The first-order chi connectivity index (χ1) is 16.8. The van der Waals surface area contributed by atoms with Gasteiger partial charge in [-0.15, -0.1) is 0 Å². The van der Waals surface area contributed by atoms with Crippen molar-refractivity contribution in [2.24, 2.45) is 10.7 Å². The standard InChI is InChI=1S/C25H27ClN6O3/c1-15-12-16(9-11-35-15)32-20(33)13-25(2,30-24(32)27)18-7-5-8-19(21(18)26)29-23(34)22-28-14-17-6-3-4-10-31(17)22/h3-8,10,14-16H,9,11-13H2,1-2H3,(H2,27,30)(H,29,34)/t15-,16-,25+/m1/s1. The molecule has 2 aromatic heterocycles. The van der Waals surface area contributed by atoms with Crippen LogP contribution < -0.4 is 11.1 Å². The number of nitrogens with two attached hydrogens (primary N) is 1. The topological polar surface area (TPSA) is 114 Å². The summed E-state index contributed by atoms with van der Waals surface area (Å²) in [5.41, 5.74) is 7.19. The fraction of sp³-hybridized carbons (Fsp3) is 0.360. The Hall–Kier alpha value is -3.43. The zero-order chi connectivity index (χ0) is 24.7. The highest BCUT2D eigenvalue weighted by Crippen LogP contribution is 2.41. The van der Waals surface area contributed by atoms with Crippen LogP contribution in [-0.4, -0.2) is 50.8 Å². The van der Waals surface area contributed by atoms with Crippen LogP contribution in [0.25, 0.3) is 5.52 Å². The molecular weight excluding hydrogens is 468 g/mol. The van der Waals surface area contributed by atoms with Gasteiger partial charge in [-0.1, -0.05) is 29.8 Å². The number of halogens is 1. The third-order valence-electron chi connectivity index (χ3n) is 6.66. The summed E-state index contributed by atoms with van der Waals surface area (Å²) in [5.74, 6) is -0.0849. The number of aliphatic imine (C=N–C) groups is 1. The third kappa shape index (κ3) is 4.26. The van der Waals surface area contributed by atoms with Crippen molar-refractivity contribution in [1.29, 1.82) is 0 Å². The number of nitrogens with zero attached hydrogens (tertiary/aromatic N) is 4. The second kappa shape index (κ2) is 8.98. The summed E-state index contributed by atoms with van der Waals surface area (Å²) in [6.45, 7) is 4.40. The van der Waals surface area contributed by atoms with Crippen LogP contribution in [0.15, 0.2) is 53.8 Å². The van der Waals surface area contributed by atoms with Gasteiger partial charge >= 0.3 is 0 Å². The summed E-state index contributed by atoms with van der Waals surface area (Å²) in [7, 11) is 0.